The molecule has 7 nitrogen and oxygen atoms in total. The molecule has 1 aliphatic heterocycles. The highest BCUT2D eigenvalue weighted by Crippen LogP contribution is 2.16. The Kier molecular flexibility index (Phi) is 7.97. The lowest BCUT2D eigenvalue weighted by molar-refractivity contribution is -0.128. The minimum absolute atomic E-state index is 0. The smallest absolute Gasteiger partial charge is 0.254 e. The predicted molar refractivity (Wildman–Crippen MR) is 90.0 cm³/mol. The average Bonchev–Trinajstić information content (AvgIpc) is 2.55. The molecule has 8 heteroatoms. The molecule has 2 atom stereocenters. The highest BCUT2D eigenvalue weighted by atomic mass is 35.5. The van der Waals surface area contributed by atoms with Gasteiger partial charge in [-0.1, -0.05) is 6.07 Å². The van der Waals surface area contributed by atoms with E-state index in [1.54, 1.807) is 31.2 Å². The molecule has 0 bridgehead atoms. The van der Waals surface area contributed by atoms with Crippen LogP contribution in [0.25, 0.3) is 0 Å². The van der Waals surface area contributed by atoms with E-state index < -0.39 is 12.2 Å². The van der Waals surface area contributed by atoms with Crippen LogP contribution in [0, 0.1) is 0 Å². The lowest BCUT2D eigenvalue weighted by Crippen LogP contribution is -2.45. The van der Waals surface area contributed by atoms with Crippen molar-refractivity contribution in [1.29, 1.82) is 0 Å². The third kappa shape index (κ3) is 5.80. The summed E-state index contributed by atoms with van der Waals surface area (Å²) in [6, 6.07) is 6.94. The van der Waals surface area contributed by atoms with Crippen LogP contribution in [0.5, 0.6) is 0 Å². The first-order valence-electron chi connectivity index (χ1n) is 7.17. The van der Waals surface area contributed by atoms with Crippen LogP contribution in [0.4, 0.5) is 11.4 Å². The Hall–Kier alpha value is -1.67. The zero-order valence-electron chi connectivity index (χ0n) is 13.1. The fraction of sp³-hybridized carbons (Fsp3) is 0.467. The number of carbonyl (C=O) groups is 2. The molecule has 3 N–H and O–H groups in total. The van der Waals surface area contributed by atoms with Gasteiger partial charge in [0.05, 0.1) is 6.61 Å². The molecule has 1 fully saturated rings. The lowest BCUT2D eigenvalue weighted by atomic mass is 10.2. The molecule has 1 saturated heterocycles. The Morgan fingerprint density at radius 1 is 1.35 bits per heavy atom. The van der Waals surface area contributed by atoms with Gasteiger partial charge in [0.2, 0.25) is 0 Å². The fourth-order valence-corrected chi connectivity index (χ4v) is 1.98. The van der Waals surface area contributed by atoms with Gasteiger partial charge in [-0.25, -0.2) is 0 Å². The molecule has 1 aromatic rings. The van der Waals surface area contributed by atoms with Crippen LogP contribution in [0.15, 0.2) is 24.3 Å². The third-order valence-corrected chi connectivity index (χ3v) is 3.34. The van der Waals surface area contributed by atoms with Gasteiger partial charge in [-0.05, 0) is 25.1 Å². The van der Waals surface area contributed by atoms with Crippen LogP contribution in [0.3, 0.4) is 0 Å². The van der Waals surface area contributed by atoms with Crippen molar-refractivity contribution in [2.24, 2.45) is 0 Å². The number of methoxy groups -OCH3 is 1. The maximum atomic E-state index is 12.1. The van der Waals surface area contributed by atoms with Crippen LogP contribution in [0.1, 0.15) is 6.92 Å². The first-order chi connectivity index (χ1) is 10.6. The Labute approximate surface area is 141 Å². The van der Waals surface area contributed by atoms with Crippen molar-refractivity contribution < 1.29 is 19.1 Å². The largest absolute Gasteiger partial charge is 0.372 e. The molecule has 0 radical (unpaired) electrons. The van der Waals surface area contributed by atoms with Crippen molar-refractivity contribution in [1.82, 2.24) is 5.32 Å². The van der Waals surface area contributed by atoms with Crippen molar-refractivity contribution in [2.75, 3.05) is 37.4 Å². The minimum Gasteiger partial charge on any atom is -0.372 e. The van der Waals surface area contributed by atoms with E-state index in [1.165, 1.54) is 7.11 Å². The second-order valence-electron chi connectivity index (χ2n) is 5.00. The molecule has 23 heavy (non-hydrogen) atoms. The molecule has 0 saturated carbocycles. The summed E-state index contributed by atoms with van der Waals surface area (Å²) in [5.41, 5.74) is 1.19. The standard InChI is InChI=1S/C15H21N3O4.ClH/c1-10(21-2)14(19)17-11-4-3-5-12(8-11)18-15(20)13-9-16-6-7-22-13;/h3-5,8,10,13,16H,6-7,9H2,1-2H3,(H,17,19)(H,18,20);1H. The van der Waals surface area contributed by atoms with Gasteiger partial charge in [0.15, 0.2) is 0 Å². The lowest BCUT2D eigenvalue weighted by Gasteiger charge is -2.22. The molecule has 2 unspecified atom stereocenters. The highest BCUT2D eigenvalue weighted by Gasteiger charge is 2.21. The zero-order valence-corrected chi connectivity index (χ0v) is 13.9. The summed E-state index contributed by atoms with van der Waals surface area (Å²) in [5.74, 6) is -0.452. The van der Waals surface area contributed by atoms with Crippen LogP contribution < -0.4 is 16.0 Å². The van der Waals surface area contributed by atoms with Crippen molar-refractivity contribution in [2.45, 2.75) is 19.1 Å². The van der Waals surface area contributed by atoms with E-state index in [0.29, 0.717) is 24.5 Å². The first-order valence-corrected chi connectivity index (χ1v) is 7.17. The quantitative estimate of drug-likeness (QED) is 0.742. The number of hydrogen-bond acceptors (Lipinski definition) is 5. The van der Waals surface area contributed by atoms with Crippen LogP contribution >= 0.6 is 12.4 Å². The summed E-state index contributed by atoms with van der Waals surface area (Å²) >= 11 is 0. The van der Waals surface area contributed by atoms with Crippen molar-refractivity contribution in [3.8, 4) is 0 Å². The number of halogens is 1. The second-order valence-corrected chi connectivity index (χ2v) is 5.00. The fourth-order valence-electron chi connectivity index (χ4n) is 1.98. The number of anilines is 2. The number of carbonyl (C=O) groups excluding carboxylic acids is 2. The summed E-state index contributed by atoms with van der Waals surface area (Å²) in [4.78, 5) is 23.8. The maximum absolute atomic E-state index is 12.1. The zero-order chi connectivity index (χ0) is 15.9. The molecule has 0 aliphatic carbocycles. The molecular weight excluding hydrogens is 322 g/mol. The van der Waals surface area contributed by atoms with Crippen LogP contribution in [0.2, 0.25) is 0 Å². The van der Waals surface area contributed by atoms with Gasteiger partial charge >= 0.3 is 0 Å². The van der Waals surface area contributed by atoms with Gasteiger partial charge in [-0.3, -0.25) is 9.59 Å². The summed E-state index contributed by atoms with van der Waals surface area (Å²) in [6.45, 7) is 3.42. The molecule has 0 aromatic heterocycles. The molecule has 1 aromatic carbocycles. The Morgan fingerprint density at radius 3 is 2.65 bits per heavy atom. The Balaban J connectivity index is 0.00000264. The van der Waals surface area contributed by atoms with Crippen molar-refractivity contribution in [3.63, 3.8) is 0 Å². The monoisotopic (exact) mass is 343 g/mol. The summed E-state index contributed by atoms with van der Waals surface area (Å²) < 4.78 is 10.3. The molecule has 1 heterocycles. The summed E-state index contributed by atoms with van der Waals surface area (Å²) in [6.07, 6.45) is -1.04. The summed E-state index contributed by atoms with van der Waals surface area (Å²) in [5, 5.41) is 8.61. The maximum Gasteiger partial charge on any atom is 0.254 e. The number of hydrogen-bond donors (Lipinski definition) is 3. The van der Waals surface area contributed by atoms with E-state index in [4.69, 9.17) is 9.47 Å². The molecule has 1 aliphatic rings. The first kappa shape index (κ1) is 19.4. The van der Waals surface area contributed by atoms with E-state index in [-0.39, 0.29) is 24.2 Å². The Morgan fingerprint density at radius 2 is 2.04 bits per heavy atom. The number of morpholine rings is 1. The minimum atomic E-state index is -0.542. The SMILES string of the molecule is COC(C)C(=O)Nc1cccc(NC(=O)C2CNCCO2)c1.Cl. The van der Waals surface area contributed by atoms with Gasteiger partial charge in [0, 0.05) is 31.6 Å². The molecular formula is C15H22ClN3O4. The molecule has 0 spiro atoms. The van der Waals surface area contributed by atoms with Crippen LogP contribution in [-0.2, 0) is 19.1 Å². The number of rotatable bonds is 5. The van der Waals surface area contributed by atoms with Crippen molar-refractivity contribution in [3.05, 3.63) is 24.3 Å². The van der Waals surface area contributed by atoms with E-state index in [2.05, 4.69) is 16.0 Å². The van der Waals surface area contributed by atoms with E-state index in [0.717, 1.165) is 6.54 Å². The molecule has 2 amide bonds. The number of benzene rings is 1. The molecule has 128 valence electrons. The van der Waals surface area contributed by atoms with Gasteiger partial charge in [0.1, 0.15) is 12.2 Å². The number of ether oxygens (including phenoxy) is 2. The second kappa shape index (κ2) is 9.46. The van der Waals surface area contributed by atoms with Crippen LogP contribution in [-0.4, -0.2) is 50.8 Å². The van der Waals surface area contributed by atoms with Gasteiger partial charge in [0.25, 0.3) is 11.8 Å². The predicted octanol–water partition coefficient (Wildman–Crippen LogP) is 1.01. The third-order valence-electron chi connectivity index (χ3n) is 3.34. The highest BCUT2D eigenvalue weighted by molar-refractivity contribution is 5.97. The van der Waals surface area contributed by atoms with Gasteiger partial charge in [-0.15, -0.1) is 12.4 Å². The number of amides is 2. The van der Waals surface area contributed by atoms with Crippen molar-refractivity contribution >= 4 is 35.6 Å². The number of nitrogens with one attached hydrogen (secondary N) is 3. The normalized spacial score (nSPS) is 18.4. The summed E-state index contributed by atoms with van der Waals surface area (Å²) in [7, 11) is 1.47. The molecule has 2 rings (SSSR count). The Bertz CT molecular complexity index is 535. The van der Waals surface area contributed by atoms with E-state index in [9.17, 15) is 9.59 Å². The topological polar surface area (TPSA) is 88.7 Å². The van der Waals surface area contributed by atoms with Gasteiger partial charge in [-0.2, -0.15) is 0 Å². The van der Waals surface area contributed by atoms with E-state index in [1.807, 2.05) is 0 Å². The average molecular weight is 344 g/mol. The van der Waals surface area contributed by atoms with Gasteiger partial charge < -0.3 is 25.4 Å². The van der Waals surface area contributed by atoms with E-state index >= 15 is 0 Å².